The lowest BCUT2D eigenvalue weighted by Gasteiger charge is -2.15. The lowest BCUT2D eigenvalue weighted by molar-refractivity contribution is -0.142. The number of hydrogen-bond acceptors (Lipinski definition) is 3. The van der Waals surface area contributed by atoms with Gasteiger partial charge in [-0.25, -0.2) is 4.79 Å². The summed E-state index contributed by atoms with van der Waals surface area (Å²) in [4.78, 5) is 22.1. The summed E-state index contributed by atoms with van der Waals surface area (Å²) in [5.74, 6) is -1.44. The van der Waals surface area contributed by atoms with Crippen molar-refractivity contribution in [1.29, 1.82) is 0 Å². The van der Waals surface area contributed by atoms with E-state index in [0.717, 1.165) is 0 Å². The van der Waals surface area contributed by atoms with Gasteiger partial charge in [-0.15, -0.1) is 0 Å². The summed E-state index contributed by atoms with van der Waals surface area (Å²) < 4.78 is 4.82. The van der Waals surface area contributed by atoms with E-state index in [0.29, 0.717) is 19.4 Å². The molecule has 0 rings (SSSR count). The van der Waals surface area contributed by atoms with Crippen LogP contribution >= 0.6 is 0 Å². The van der Waals surface area contributed by atoms with Crippen LogP contribution in [0.15, 0.2) is 0 Å². The molecule has 0 heterocycles. The fraction of sp³-hybridized carbons (Fsp3) is 0.800. The minimum absolute atomic E-state index is 0.200. The largest absolute Gasteiger partial charge is 0.480 e. The predicted octanol–water partition coefficient (Wildman–Crippen LogP) is 0.638. The summed E-state index contributed by atoms with van der Waals surface area (Å²) >= 11 is 0. The molecule has 0 aromatic rings. The van der Waals surface area contributed by atoms with E-state index in [-0.39, 0.29) is 11.8 Å². The third kappa shape index (κ3) is 6.06. The van der Waals surface area contributed by atoms with Crippen molar-refractivity contribution in [3.8, 4) is 0 Å². The molecule has 5 nitrogen and oxygen atoms in total. The van der Waals surface area contributed by atoms with Gasteiger partial charge in [0.05, 0.1) is 0 Å². The SMILES string of the molecule is COCCCC(NC(=O)C(C)C)C(=O)O. The van der Waals surface area contributed by atoms with Crippen molar-refractivity contribution in [2.45, 2.75) is 32.7 Å². The van der Waals surface area contributed by atoms with Gasteiger partial charge in [-0.05, 0) is 12.8 Å². The van der Waals surface area contributed by atoms with E-state index in [9.17, 15) is 9.59 Å². The molecule has 5 heteroatoms. The number of nitrogens with one attached hydrogen (secondary N) is 1. The molecule has 0 aliphatic heterocycles. The molecule has 15 heavy (non-hydrogen) atoms. The van der Waals surface area contributed by atoms with E-state index in [1.54, 1.807) is 21.0 Å². The van der Waals surface area contributed by atoms with Gasteiger partial charge < -0.3 is 15.2 Å². The first-order valence-electron chi connectivity index (χ1n) is 5.01. The average molecular weight is 217 g/mol. The van der Waals surface area contributed by atoms with Crippen LogP contribution in [0.1, 0.15) is 26.7 Å². The molecule has 0 fully saturated rings. The molecule has 88 valence electrons. The van der Waals surface area contributed by atoms with Crippen molar-refractivity contribution in [3.05, 3.63) is 0 Å². The third-order valence-electron chi connectivity index (χ3n) is 1.98. The van der Waals surface area contributed by atoms with E-state index in [1.807, 2.05) is 0 Å². The molecule has 0 radical (unpaired) electrons. The number of carboxylic acid groups (broad SMARTS) is 1. The maximum atomic E-state index is 11.3. The fourth-order valence-electron chi connectivity index (χ4n) is 1.03. The molecule has 1 amide bonds. The summed E-state index contributed by atoms with van der Waals surface area (Å²) in [5, 5.41) is 11.3. The summed E-state index contributed by atoms with van der Waals surface area (Å²) in [7, 11) is 1.56. The number of rotatable bonds is 7. The topological polar surface area (TPSA) is 75.6 Å². The number of carbonyl (C=O) groups excluding carboxylic acids is 1. The standard InChI is InChI=1S/C10H19NO4/c1-7(2)9(12)11-8(10(13)14)5-4-6-15-3/h7-8H,4-6H2,1-3H3,(H,11,12)(H,13,14). The Hall–Kier alpha value is -1.10. The first-order chi connectivity index (χ1) is 6.99. The molecule has 0 spiro atoms. The summed E-state index contributed by atoms with van der Waals surface area (Å²) in [5.41, 5.74) is 0. The molecule has 2 N–H and O–H groups in total. The average Bonchev–Trinajstić information content (AvgIpc) is 2.15. The zero-order valence-electron chi connectivity index (χ0n) is 9.45. The Morgan fingerprint density at radius 2 is 2.00 bits per heavy atom. The van der Waals surface area contributed by atoms with Crippen LogP contribution in [0, 0.1) is 5.92 Å². The van der Waals surface area contributed by atoms with Crippen LogP contribution in [-0.2, 0) is 14.3 Å². The lowest BCUT2D eigenvalue weighted by Crippen LogP contribution is -2.42. The van der Waals surface area contributed by atoms with E-state index in [2.05, 4.69) is 5.32 Å². The zero-order valence-corrected chi connectivity index (χ0v) is 9.45. The number of amides is 1. The number of aliphatic carboxylic acids is 1. The fourth-order valence-corrected chi connectivity index (χ4v) is 1.03. The van der Waals surface area contributed by atoms with Gasteiger partial charge in [0.1, 0.15) is 6.04 Å². The maximum Gasteiger partial charge on any atom is 0.326 e. The van der Waals surface area contributed by atoms with Gasteiger partial charge in [0, 0.05) is 19.6 Å². The molecule has 0 aliphatic rings. The Kier molecular flexibility index (Phi) is 6.70. The first-order valence-corrected chi connectivity index (χ1v) is 5.01. The second-order valence-corrected chi connectivity index (χ2v) is 3.69. The number of methoxy groups -OCH3 is 1. The minimum atomic E-state index is -1.000. The van der Waals surface area contributed by atoms with Gasteiger partial charge in [0.25, 0.3) is 0 Å². The number of carbonyl (C=O) groups is 2. The third-order valence-corrected chi connectivity index (χ3v) is 1.98. The molecule has 0 aromatic heterocycles. The molecular formula is C10H19NO4. The molecular weight excluding hydrogens is 198 g/mol. The Balaban J connectivity index is 4.05. The van der Waals surface area contributed by atoms with Crippen molar-refractivity contribution in [1.82, 2.24) is 5.32 Å². The van der Waals surface area contributed by atoms with Crippen LogP contribution in [0.5, 0.6) is 0 Å². The monoisotopic (exact) mass is 217 g/mol. The van der Waals surface area contributed by atoms with Crippen LogP contribution in [-0.4, -0.2) is 36.7 Å². The van der Waals surface area contributed by atoms with Crippen LogP contribution in [0.4, 0.5) is 0 Å². The second-order valence-electron chi connectivity index (χ2n) is 3.69. The Bertz CT molecular complexity index is 215. The van der Waals surface area contributed by atoms with Crippen molar-refractivity contribution >= 4 is 11.9 Å². The van der Waals surface area contributed by atoms with Crippen molar-refractivity contribution < 1.29 is 19.4 Å². The Morgan fingerprint density at radius 1 is 1.40 bits per heavy atom. The molecule has 1 atom stereocenters. The van der Waals surface area contributed by atoms with Gasteiger partial charge in [-0.2, -0.15) is 0 Å². The molecule has 0 saturated carbocycles. The van der Waals surface area contributed by atoms with E-state index < -0.39 is 12.0 Å². The maximum absolute atomic E-state index is 11.3. The normalized spacial score (nSPS) is 12.5. The zero-order chi connectivity index (χ0) is 11.8. The van der Waals surface area contributed by atoms with E-state index in [1.165, 1.54) is 0 Å². The minimum Gasteiger partial charge on any atom is -0.480 e. The molecule has 0 aliphatic carbocycles. The lowest BCUT2D eigenvalue weighted by atomic mass is 10.1. The highest BCUT2D eigenvalue weighted by Gasteiger charge is 2.20. The van der Waals surface area contributed by atoms with Crippen molar-refractivity contribution in [2.24, 2.45) is 5.92 Å². The smallest absolute Gasteiger partial charge is 0.326 e. The van der Waals surface area contributed by atoms with Crippen LogP contribution in [0.2, 0.25) is 0 Å². The summed E-state index contributed by atoms with van der Waals surface area (Å²) in [6.07, 6.45) is 1.01. The van der Waals surface area contributed by atoms with Gasteiger partial charge in [-0.3, -0.25) is 4.79 Å². The molecule has 0 bridgehead atoms. The van der Waals surface area contributed by atoms with Crippen molar-refractivity contribution in [3.63, 3.8) is 0 Å². The van der Waals surface area contributed by atoms with Crippen molar-refractivity contribution in [2.75, 3.05) is 13.7 Å². The molecule has 1 unspecified atom stereocenters. The van der Waals surface area contributed by atoms with Gasteiger partial charge in [0.2, 0.25) is 5.91 Å². The predicted molar refractivity (Wildman–Crippen MR) is 55.5 cm³/mol. The summed E-state index contributed by atoms with van der Waals surface area (Å²) in [6, 6.07) is -0.810. The second kappa shape index (κ2) is 7.23. The van der Waals surface area contributed by atoms with Gasteiger partial charge in [0.15, 0.2) is 0 Å². The Morgan fingerprint density at radius 3 is 2.40 bits per heavy atom. The number of ether oxygens (including phenoxy) is 1. The highest BCUT2D eigenvalue weighted by atomic mass is 16.5. The highest BCUT2D eigenvalue weighted by molar-refractivity contribution is 5.84. The quantitative estimate of drug-likeness (QED) is 0.613. The summed E-state index contributed by atoms with van der Waals surface area (Å²) in [6.45, 7) is 3.95. The van der Waals surface area contributed by atoms with Crippen LogP contribution < -0.4 is 5.32 Å². The Labute approximate surface area is 89.8 Å². The van der Waals surface area contributed by atoms with Crippen LogP contribution in [0.3, 0.4) is 0 Å². The van der Waals surface area contributed by atoms with E-state index >= 15 is 0 Å². The highest BCUT2D eigenvalue weighted by Crippen LogP contribution is 2.00. The van der Waals surface area contributed by atoms with Gasteiger partial charge in [-0.1, -0.05) is 13.8 Å². The molecule has 0 aromatic carbocycles. The van der Waals surface area contributed by atoms with E-state index in [4.69, 9.17) is 9.84 Å². The van der Waals surface area contributed by atoms with Gasteiger partial charge >= 0.3 is 5.97 Å². The molecule has 0 saturated heterocycles. The van der Waals surface area contributed by atoms with Crippen LogP contribution in [0.25, 0.3) is 0 Å². The number of carboxylic acids is 1. The first kappa shape index (κ1) is 13.9. The number of hydrogen-bond donors (Lipinski definition) is 2.